The molecule has 0 radical (unpaired) electrons. The molecule has 0 saturated carbocycles. The number of nitrogens with one attached hydrogen (secondary N) is 1. The van der Waals surface area contributed by atoms with Crippen molar-refractivity contribution in [1.82, 2.24) is 10.2 Å². The SMILES string of the molecule is CCC.COC.Cc1ccccc1C(=O)N(C=O)C1CCC(=O)NC1=O. The zero-order valence-corrected chi connectivity index (χ0v) is 16.1. The molecule has 4 amide bonds. The van der Waals surface area contributed by atoms with Crippen LogP contribution < -0.4 is 5.32 Å². The lowest BCUT2D eigenvalue weighted by Crippen LogP contribution is -2.53. The topological polar surface area (TPSA) is 92.8 Å². The highest BCUT2D eigenvalue weighted by Gasteiger charge is 2.35. The number of carbonyl (C=O) groups is 4. The molecular formula is C19H28N2O5. The van der Waals surface area contributed by atoms with Gasteiger partial charge in [-0.25, -0.2) is 0 Å². The second-order valence-electron chi connectivity index (χ2n) is 5.72. The summed E-state index contributed by atoms with van der Waals surface area (Å²) in [6, 6.07) is 5.88. The van der Waals surface area contributed by atoms with Crippen molar-refractivity contribution in [3.8, 4) is 0 Å². The van der Waals surface area contributed by atoms with Gasteiger partial charge in [0.2, 0.25) is 18.2 Å². The summed E-state index contributed by atoms with van der Waals surface area (Å²) in [6.07, 6.45) is 1.86. The van der Waals surface area contributed by atoms with Gasteiger partial charge in [-0.3, -0.25) is 29.4 Å². The number of hydrogen-bond acceptors (Lipinski definition) is 5. The summed E-state index contributed by atoms with van der Waals surface area (Å²) in [5, 5.41) is 2.13. The van der Waals surface area contributed by atoms with Crippen LogP contribution in [0.4, 0.5) is 0 Å². The number of aryl methyl sites for hydroxylation is 1. The van der Waals surface area contributed by atoms with Crippen LogP contribution in [0.25, 0.3) is 0 Å². The van der Waals surface area contributed by atoms with Crippen LogP contribution in [0, 0.1) is 6.92 Å². The van der Waals surface area contributed by atoms with E-state index in [1.54, 1.807) is 45.4 Å². The second-order valence-corrected chi connectivity index (χ2v) is 5.72. The van der Waals surface area contributed by atoms with Crippen LogP contribution in [0.2, 0.25) is 0 Å². The third kappa shape index (κ3) is 7.14. The van der Waals surface area contributed by atoms with Gasteiger partial charge < -0.3 is 4.74 Å². The molecule has 0 spiro atoms. The first-order chi connectivity index (χ1) is 12.4. The van der Waals surface area contributed by atoms with E-state index < -0.39 is 17.9 Å². The molecule has 1 saturated heterocycles. The summed E-state index contributed by atoms with van der Waals surface area (Å²) in [6.45, 7) is 6.00. The summed E-state index contributed by atoms with van der Waals surface area (Å²) >= 11 is 0. The molecule has 1 aliphatic rings. The Kier molecular flexibility index (Phi) is 11.5. The van der Waals surface area contributed by atoms with Gasteiger partial charge in [0.15, 0.2) is 0 Å². The number of methoxy groups -OCH3 is 1. The molecule has 1 aromatic carbocycles. The van der Waals surface area contributed by atoms with E-state index in [9.17, 15) is 19.2 Å². The number of ether oxygens (including phenoxy) is 1. The third-order valence-corrected chi connectivity index (χ3v) is 3.27. The monoisotopic (exact) mass is 364 g/mol. The Labute approximate surface area is 154 Å². The highest BCUT2D eigenvalue weighted by atomic mass is 16.4. The fourth-order valence-electron chi connectivity index (χ4n) is 2.16. The number of nitrogens with zero attached hydrogens (tertiary/aromatic N) is 1. The number of hydrogen-bond donors (Lipinski definition) is 1. The van der Waals surface area contributed by atoms with E-state index >= 15 is 0 Å². The standard InChI is InChI=1S/C14H14N2O4.C3H8.C2H6O/c1-9-4-2-3-5-10(9)14(20)16(8-17)11-6-7-12(18)15-13(11)19;2*1-3-2/h2-5,8,11H,6-7H2,1H3,(H,15,18,19);3H2,1-2H3;1-2H3. The van der Waals surface area contributed by atoms with E-state index in [0.717, 1.165) is 10.5 Å². The van der Waals surface area contributed by atoms with Gasteiger partial charge in [0, 0.05) is 26.2 Å². The van der Waals surface area contributed by atoms with Gasteiger partial charge in [0.1, 0.15) is 6.04 Å². The van der Waals surface area contributed by atoms with Crippen molar-refractivity contribution in [3.05, 3.63) is 35.4 Å². The molecule has 0 aliphatic carbocycles. The Morgan fingerprint density at radius 2 is 1.81 bits per heavy atom. The van der Waals surface area contributed by atoms with Gasteiger partial charge in [-0.05, 0) is 25.0 Å². The maximum absolute atomic E-state index is 12.4. The van der Waals surface area contributed by atoms with Crippen molar-refractivity contribution in [1.29, 1.82) is 0 Å². The first-order valence-corrected chi connectivity index (χ1v) is 8.45. The minimum atomic E-state index is -0.933. The van der Waals surface area contributed by atoms with Crippen LogP contribution in [0.5, 0.6) is 0 Å². The fourth-order valence-corrected chi connectivity index (χ4v) is 2.16. The number of amides is 4. The Morgan fingerprint density at radius 1 is 1.27 bits per heavy atom. The molecule has 0 aromatic heterocycles. The quantitative estimate of drug-likeness (QED) is 0.655. The molecule has 1 heterocycles. The minimum absolute atomic E-state index is 0.113. The third-order valence-electron chi connectivity index (χ3n) is 3.27. The Morgan fingerprint density at radius 3 is 2.27 bits per heavy atom. The minimum Gasteiger partial charge on any atom is -0.388 e. The van der Waals surface area contributed by atoms with Crippen LogP contribution in [0.3, 0.4) is 0 Å². The smallest absolute Gasteiger partial charge is 0.261 e. The van der Waals surface area contributed by atoms with Crippen LogP contribution in [0.1, 0.15) is 49.0 Å². The predicted octanol–water partition coefficient (Wildman–Crippen LogP) is 2.08. The normalized spacial score (nSPS) is 15.5. The van der Waals surface area contributed by atoms with Crippen LogP contribution in [-0.2, 0) is 19.1 Å². The Hall–Kier alpha value is -2.54. The van der Waals surface area contributed by atoms with Crippen molar-refractivity contribution in [2.75, 3.05) is 14.2 Å². The molecule has 1 N–H and O–H groups in total. The summed E-state index contributed by atoms with van der Waals surface area (Å²) in [4.78, 5) is 47.2. The van der Waals surface area contributed by atoms with E-state index in [-0.39, 0.29) is 18.7 Å². The summed E-state index contributed by atoms with van der Waals surface area (Å²) in [5.41, 5.74) is 1.08. The zero-order valence-electron chi connectivity index (χ0n) is 16.1. The highest BCUT2D eigenvalue weighted by Crippen LogP contribution is 2.16. The molecule has 2 rings (SSSR count). The lowest BCUT2D eigenvalue weighted by Gasteiger charge is -2.28. The van der Waals surface area contributed by atoms with Gasteiger partial charge >= 0.3 is 0 Å². The molecule has 7 heteroatoms. The Bertz CT molecular complexity index is 614. The van der Waals surface area contributed by atoms with E-state index in [1.807, 2.05) is 0 Å². The first kappa shape index (κ1) is 23.5. The van der Waals surface area contributed by atoms with E-state index in [0.29, 0.717) is 12.0 Å². The average molecular weight is 364 g/mol. The molecule has 0 bridgehead atoms. The first-order valence-electron chi connectivity index (χ1n) is 8.45. The fraction of sp³-hybridized carbons (Fsp3) is 0.474. The molecule has 1 unspecified atom stereocenters. The van der Waals surface area contributed by atoms with Crippen LogP contribution in [-0.4, -0.2) is 49.3 Å². The molecule has 1 aliphatic heterocycles. The number of rotatable bonds is 3. The Balaban J connectivity index is 0.000000918. The van der Waals surface area contributed by atoms with Gasteiger partial charge in [-0.2, -0.15) is 0 Å². The van der Waals surface area contributed by atoms with E-state index in [2.05, 4.69) is 23.9 Å². The largest absolute Gasteiger partial charge is 0.388 e. The second kappa shape index (κ2) is 12.8. The van der Waals surface area contributed by atoms with E-state index in [1.165, 1.54) is 6.42 Å². The molecule has 1 atom stereocenters. The van der Waals surface area contributed by atoms with Crippen LogP contribution in [0.15, 0.2) is 24.3 Å². The van der Waals surface area contributed by atoms with Gasteiger partial charge in [-0.1, -0.05) is 38.5 Å². The van der Waals surface area contributed by atoms with Crippen molar-refractivity contribution in [2.45, 2.75) is 46.1 Å². The number of benzene rings is 1. The maximum Gasteiger partial charge on any atom is 0.261 e. The van der Waals surface area contributed by atoms with Gasteiger partial charge in [0.05, 0.1) is 0 Å². The van der Waals surface area contributed by atoms with Crippen molar-refractivity contribution in [2.24, 2.45) is 0 Å². The predicted molar refractivity (Wildman–Crippen MR) is 98.5 cm³/mol. The van der Waals surface area contributed by atoms with Gasteiger partial charge in [0.25, 0.3) is 5.91 Å². The molecule has 26 heavy (non-hydrogen) atoms. The van der Waals surface area contributed by atoms with Crippen molar-refractivity contribution in [3.63, 3.8) is 0 Å². The average Bonchev–Trinajstić information content (AvgIpc) is 2.59. The van der Waals surface area contributed by atoms with E-state index in [4.69, 9.17) is 0 Å². The maximum atomic E-state index is 12.4. The molecule has 144 valence electrons. The molecule has 7 nitrogen and oxygen atoms in total. The molecule has 1 fully saturated rings. The van der Waals surface area contributed by atoms with Crippen molar-refractivity contribution >= 4 is 24.1 Å². The number of piperidine rings is 1. The van der Waals surface area contributed by atoms with Crippen LogP contribution >= 0.6 is 0 Å². The molecule has 1 aromatic rings. The van der Waals surface area contributed by atoms with Crippen molar-refractivity contribution < 1.29 is 23.9 Å². The lowest BCUT2D eigenvalue weighted by atomic mass is 10.0. The zero-order chi connectivity index (χ0) is 20.1. The summed E-state index contributed by atoms with van der Waals surface area (Å²) < 4.78 is 4.25. The molecular weight excluding hydrogens is 336 g/mol. The number of imide groups is 2. The lowest BCUT2D eigenvalue weighted by molar-refractivity contribution is -0.139. The summed E-state index contributed by atoms with van der Waals surface area (Å²) in [5.74, 6) is -1.54. The highest BCUT2D eigenvalue weighted by molar-refractivity contribution is 6.07. The van der Waals surface area contributed by atoms with Gasteiger partial charge in [-0.15, -0.1) is 0 Å². The summed E-state index contributed by atoms with van der Waals surface area (Å²) in [7, 11) is 3.25. The number of carbonyl (C=O) groups excluding carboxylic acids is 4.